The van der Waals surface area contributed by atoms with Gasteiger partial charge in [-0.25, -0.2) is 4.98 Å². The predicted octanol–water partition coefficient (Wildman–Crippen LogP) is 2.52. The summed E-state index contributed by atoms with van der Waals surface area (Å²) in [5.41, 5.74) is 0.749. The molecule has 32 heavy (non-hydrogen) atoms. The molecule has 0 unspecified atom stereocenters. The molecule has 1 aliphatic heterocycles. The highest BCUT2D eigenvalue weighted by Gasteiger charge is 2.27. The zero-order chi connectivity index (χ0) is 22.3. The van der Waals surface area contributed by atoms with Crippen LogP contribution in [0.25, 0.3) is 0 Å². The maximum atomic E-state index is 12.9. The van der Waals surface area contributed by atoms with Gasteiger partial charge in [0, 0.05) is 26.1 Å². The molecule has 3 heterocycles. The first-order chi connectivity index (χ1) is 15.7. The van der Waals surface area contributed by atoms with Gasteiger partial charge in [-0.05, 0) is 37.0 Å². The van der Waals surface area contributed by atoms with Gasteiger partial charge in [-0.1, -0.05) is 23.5 Å². The SMILES string of the molecule is CCO[C@@H](C(=O)Nc1nnc(C[C@@H]2CCN(c3nccnn3)C2)s1)c1ccc(OC)cc1. The summed E-state index contributed by atoms with van der Waals surface area (Å²) in [5.74, 6) is 1.52. The molecule has 1 N–H and O–H groups in total. The van der Waals surface area contributed by atoms with Crippen LogP contribution in [0.4, 0.5) is 11.1 Å². The highest BCUT2D eigenvalue weighted by atomic mass is 32.1. The Balaban J connectivity index is 1.35. The highest BCUT2D eigenvalue weighted by molar-refractivity contribution is 7.15. The average Bonchev–Trinajstić information content (AvgIpc) is 3.48. The Hall–Kier alpha value is -3.18. The molecular formula is C21H25N7O3S. The lowest BCUT2D eigenvalue weighted by molar-refractivity contribution is -0.127. The number of carbonyl (C=O) groups is 1. The van der Waals surface area contributed by atoms with E-state index in [-0.39, 0.29) is 5.91 Å². The third-order valence-electron chi connectivity index (χ3n) is 5.19. The summed E-state index contributed by atoms with van der Waals surface area (Å²) in [6.45, 7) is 3.99. The topological polar surface area (TPSA) is 115 Å². The smallest absolute Gasteiger partial charge is 0.259 e. The number of hydrogen-bond donors (Lipinski definition) is 1. The number of rotatable bonds is 9. The molecule has 3 aromatic rings. The van der Waals surface area contributed by atoms with Crippen LogP contribution in [-0.2, 0) is 16.0 Å². The fourth-order valence-electron chi connectivity index (χ4n) is 3.64. The summed E-state index contributed by atoms with van der Waals surface area (Å²) < 4.78 is 10.9. The maximum Gasteiger partial charge on any atom is 0.259 e. The van der Waals surface area contributed by atoms with E-state index in [9.17, 15) is 4.79 Å². The van der Waals surface area contributed by atoms with Crippen LogP contribution >= 0.6 is 11.3 Å². The van der Waals surface area contributed by atoms with Crippen molar-refractivity contribution in [3.63, 3.8) is 0 Å². The number of aromatic nitrogens is 5. The molecule has 1 amide bonds. The Kier molecular flexibility index (Phi) is 7.17. The van der Waals surface area contributed by atoms with Crippen LogP contribution in [0.5, 0.6) is 5.75 Å². The number of benzene rings is 1. The maximum absolute atomic E-state index is 12.9. The van der Waals surface area contributed by atoms with E-state index in [0.717, 1.165) is 42.3 Å². The molecule has 0 radical (unpaired) electrons. The Morgan fingerprint density at radius 1 is 1.25 bits per heavy atom. The van der Waals surface area contributed by atoms with Crippen LogP contribution < -0.4 is 15.0 Å². The van der Waals surface area contributed by atoms with Crippen molar-refractivity contribution in [1.82, 2.24) is 25.4 Å². The van der Waals surface area contributed by atoms with Crippen LogP contribution in [0.2, 0.25) is 0 Å². The van der Waals surface area contributed by atoms with Crippen LogP contribution in [0, 0.1) is 5.92 Å². The summed E-state index contributed by atoms with van der Waals surface area (Å²) in [6.07, 6.45) is 4.29. The Labute approximate surface area is 190 Å². The molecular weight excluding hydrogens is 430 g/mol. The molecule has 10 nitrogen and oxygen atoms in total. The van der Waals surface area contributed by atoms with Crippen molar-refractivity contribution < 1.29 is 14.3 Å². The van der Waals surface area contributed by atoms with E-state index < -0.39 is 6.10 Å². The molecule has 0 spiro atoms. The summed E-state index contributed by atoms with van der Waals surface area (Å²) in [6, 6.07) is 7.25. The van der Waals surface area contributed by atoms with Gasteiger partial charge in [0.1, 0.15) is 10.8 Å². The normalized spacial score (nSPS) is 16.7. The van der Waals surface area contributed by atoms with E-state index in [4.69, 9.17) is 9.47 Å². The molecule has 168 valence electrons. The second-order valence-corrected chi connectivity index (χ2v) is 8.41. The second kappa shape index (κ2) is 10.4. The molecule has 2 atom stereocenters. The third kappa shape index (κ3) is 5.35. The number of amides is 1. The van der Waals surface area contributed by atoms with Gasteiger partial charge in [-0.15, -0.1) is 15.3 Å². The van der Waals surface area contributed by atoms with Crippen molar-refractivity contribution in [2.24, 2.45) is 5.92 Å². The largest absolute Gasteiger partial charge is 0.497 e. The Morgan fingerprint density at radius 2 is 2.09 bits per heavy atom. The molecule has 0 saturated carbocycles. The molecule has 4 rings (SSSR count). The monoisotopic (exact) mass is 455 g/mol. The molecule has 11 heteroatoms. The van der Waals surface area contributed by atoms with Gasteiger partial charge in [-0.3, -0.25) is 10.1 Å². The Bertz CT molecular complexity index is 1020. The van der Waals surface area contributed by atoms with Gasteiger partial charge < -0.3 is 14.4 Å². The van der Waals surface area contributed by atoms with Crippen molar-refractivity contribution in [2.75, 3.05) is 37.0 Å². The summed E-state index contributed by atoms with van der Waals surface area (Å²) in [4.78, 5) is 19.2. The molecule has 0 aliphatic carbocycles. The number of hydrogen-bond acceptors (Lipinski definition) is 10. The standard InChI is InChI=1S/C21H25N7O3S/c1-3-31-18(15-4-6-16(30-2)7-5-15)19(29)24-21-27-25-17(32-21)12-14-8-11-28(13-14)20-22-9-10-23-26-20/h4-7,9-10,14,18H,3,8,11-13H2,1-2H3,(H,24,27,29)/t14-,18+/m0/s1. The minimum atomic E-state index is -0.735. The number of nitrogens with one attached hydrogen (secondary N) is 1. The van der Waals surface area contributed by atoms with E-state index in [1.165, 1.54) is 11.3 Å². The lowest BCUT2D eigenvalue weighted by Crippen LogP contribution is -2.23. The molecule has 1 saturated heterocycles. The van der Waals surface area contributed by atoms with E-state index in [1.54, 1.807) is 31.6 Å². The molecule has 1 fully saturated rings. The lowest BCUT2D eigenvalue weighted by Gasteiger charge is -2.16. The van der Waals surface area contributed by atoms with Crippen LogP contribution in [-0.4, -0.2) is 58.1 Å². The van der Waals surface area contributed by atoms with Crippen molar-refractivity contribution in [2.45, 2.75) is 25.9 Å². The Morgan fingerprint density at radius 3 is 2.81 bits per heavy atom. The molecule has 1 aromatic carbocycles. The van der Waals surface area contributed by atoms with Gasteiger partial charge in [0.2, 0.25) is 11.1 Å². The van der Waals surface area contributed by atoms with Gasteiger partial charge in [0.05, 0.1) is 19.5 Å². The first kappa shape index (κ1) is 22.0. The average molecular weight is 456 g/mol. The quantitative estimate of drug-likeness (QED) is 0.519. The minimum absolute atomic E-state index is 0.277. The van der Waals surface area contributed by atoms with Gasteiger partial charge in [0.15, 0.2) is 6.10 Å². The molecule has 0 bridgehead atoms. The van der Waals surface area contributed by atoms with Crippen molar-refractivity contribution >= 4 is 28.3 Å². The fraction of sp³-hybridized carbons (Fsp3) is 0.429. The van der Waals surface area contributed by atoms with Crippen molar-refractivity contribution in [3.05, 3.63) is 47.2 Å². The first-order valence-corrected chi connectivity index (χ1v) is 11.2. The number of methoxy groups -OCH3 is 1. The molecule has 2 aromatic heterocycles. The zero-order valence-electron chi connectivity index (χ0n) is 18.0. The van der Waals surface area contributed by atoms with Crippen molar-refractivity contribution in [3.8, 4) is 5.75 Å². The van der Waals surface area contributed by atoms with E-state index in [0.29, 0.717) is 23.6 Å². The summed E-state index contributed by atoms with van der Waals surface area (Å²) in [5, 5.41) is 20.6. The van der Waals surface area contributed by atoms with Crippen molar-refractivity contribution in [1.29, 1.82) is 0 Å². The fourth-order valence-corrected chi connectivity index (χ4v) is 4.50. The molecule has 1 aliphatic rings. The summed E-state index contributed by atoms with van der Waals surface area (Å²) >= 11 is 1.39. The first-order valence-electron chi connectivity index (χ1n) is 10.4. The van der Waals surface area contributed by atoms with Gasteiger partial charge in [-0.2, -0.15) is 5.10 Å². The number of anilines is 2. The van der Waals surface area contributed by atoms with E-state index in [2.05, 4.69) is 35.6 Å². The lowest BCUT2D eigenvalue weighted by atomic mass is 10.1. The second-order valence-electron chi connectivity index (χ2n) is 7.35. The minimum Gasteiger partial charge on any atom is -0.497 e. The van der Waals surface area contributed by atoms with E-state index in [1.807, 2.05) is 19.1 Å². The number of carbonyl (C=O) groups excluding carboxylic acids is 1. The highest BCUT2D eigenvalue weighted by Crippen LogP contribution is 2.27. The van der Waals surface area contributed by atoms with Gasteiger partial charge in [0.25, 0.3) is 5.91 Å². The predicted molar refractivity (Wildman–Crippen MR) is 120 cm³/mol. The van der Waals surface area contributed by atoms with Crippen LogP contribution in [0.15, 0.2) is 36.7 Å². The van der Waals surface area contributed by atoms with E-state index >= 15 is 0 Å². The summed E-state index contributed by atoms with van der Waals surface area (Å²) in [7, 11) is 1.60. The third-order valence-corrected chi connectivity index (χ3v) is 6.05. The van der Waals surface area contributed by atoms with Gasteiger partial charge >= 0.3 is 0 Å². The zero-order valence-corrected chi connectivity index (χ0v) is 18.8. The number of ether oxygens (including phenoxy) is 2. The van der Waals surface area contributed by atoms with Crippen LogP contribution in [0.1, 0.15) is 30.0 Å². The number of nitrogens with zero attached hydrogens (tertiary/aromatic N) is 6. The van der Waals surface area contributed by atoms with Crippen LogP contribution in [0.3, 0.4) is 0 Å².